The maximum atomic E-state index is 13.8. The van der Waals surface area contributed by atoms with E-state index >= 15 is 0 Å². The Morgan fingerprint density at radius 2 is 2.00 bits per heavy atom. The molecule has 1 aliphatic heterocycles. The highest BCUT2D eigenvalue weighted by molar-refractivity contribution is 7.52. The molecule has 1 saturated heterocycles. The van der Waals surface area contributed by atoms with E-state index in [1.54, 1.807) is 32.0 Å². The fourth-order valence-corrected chi connectivity index (χ4v) is 5.38. The molecule has 3 heterocycles. The largest absolute Gasteiger partial charge is 0.462 e. The summed E-state index contributed by atoms with van der Waals surface area (Å²) in [6, 6.07) is 6.98. The number of nitrogens with zero attached hydrogens (tertiary/aromatic N) is 4. The number of carbonyl (C=O) groups excluding carboxylic acids is 1. The average Bonchev–Trinajstić information content (AvgIpc) is 3.43. The highest BCUT2D eigenvalue weighted by Crippen LogP contribution is 2.48. The summed E-state index contributed by atoms with van der Waals surface area (Å²) in [5.74, 6) is 1.88. The molecule has 39 heavy (non-hydrogen) atoms. The van der Waals surface area contributed by atoms with Crippen molar-refractivity contribution in [3.05, 3.63) is 43.0 Å². The molecule has 0 amide bonds. The Hall–Kier alpha value is -3.57. The minimum absolute atomic E-state index is 0.105. The van der Waals surface area contributed by atoms with Crippen molar-refractivity contribution >= 4 is 30.7 Å². The number of fused-ring (bicyclic) bond motifs is 1. The molecular weight excluding hydrogens is 531 g/mol. The lowest BCUT2D eigenvalue weighted by atomic mass is 9.97. The van der Waals surface area contributed by atoms with Gasteiger partial charge in [0.05, 0.1) is 12.4 Å². The van der Waals surface area contributed by atoms with E-state index in [1.807, 2.05) is 0 Å². The van der Waals surface area contributed by atoms with Crippen LogP contribution in [0.1, 0.15) is 27.0 Å². The van der Waals surface area contributed by atoms with Gasteiger partial charge >= 0.3 is 13.7 Å². The number of hydrogen-bond donors (Lipinski definition) is 4. The van der Waals surface area contributed by atoms with Crippen LogP contribution in [0.5, 0.6) is 5.75 Å². The molecule has 5 N–H and O–H groups in total. The molecule has 0 bridgehead atoms. The monoisotopic (exact) mass is 560 g/mol. The van der Waals surface area contributed by atoms with Crippen molar-refractivity contribution in [1.82, 2.24) is 24.6 Å². The molecular formula is C24H29N6O8P. The maximum absolute atomic E-state index is 13.8. The Labute approximate surface area is 224 Å². The molecule has 6 atom stereocenters. The highest BCUT2D eigenvalue weighted by Gasteiger charge is 2.56. The van der Waals surface area contributed by atoms with Gasteiger partial charge in [-0.1, -0.05) is 24.1 Å². The number of rotatable bonds is 10. The summed E-state index contributed by atoms with van der Waals surface area (Å²) < 4.78 is 37.5. The lowest BCUT2D eigenvalue weighted by molar-refractivity contribution is -0.149. The fraction of sp³-hybridized carbons (Fsp3) is 0.417. The molecule has 2 aromatic heterocycles. The number of nitrogen functional groups attached to an aromatic ring is 1. The molecule has 0 radical (unpaired) electrons. The van der Waals surface area contributed by atoms with Gasteiger partial charge in [0.15, 0.2) is 23.3 Å². The van der Waals surface area contributed by atoms with E-state index in [9.17, 15) is 19.6 Å². The Morgan fingerprint density at radius 3 is 2.67 bits per heavy atom. The second kappa shape index (κ2) is 11.3. The van der Waals surface area contributed by atoms with Crippen molar-refractivity contribution in [2.24, 2.45) is 0 Å². The molecule has 1 aliphatic rings. The number of hydrogen-bond acceptors (Lipinski definition) is 12. The van der Waals surface area contributed by atoms with Crippen LogP contribution in [0.25, 0.3) is 11.2 Å². The van der Waals surface area contributed by atoms with Gasteiger partial charge in [-0.3, -0.25) is 13.9 Å². The van der Waals surface area contributed by atoms with Crippen molar-refractivity contribution in [2.45, 2.75) is 57.0 Å². The SMILES string of the molecule is C#C[C@]1(CO[P@@](=O)(N[C@@H](C)C(=O)OC(C)C)Oc2ccccc2)O[C@@H](n2cnc3c(N)ncnc32)C(O)C1O. The summed E-state index contributed by atoms with van der Waals surface area (Å²) in [7, 11) is -4.35. The number of para-hydroxylation sites is 1. The van der Waals surface area contributed by atoms with Crippen LogP contribution in [-0.4, -0.2) is 72.3 Å². The first-order valence-electron chi connectivity index (χ1n) is 11.9. The van der Waals surface area contributed by atoms with Crippen molar-refractivity contribution < 1.29 is 38.1 Å². The predicted octanol–water partition coefficient (Wildman–Crippen LogP) is 1.16. The number of carbonyl (C=O) groups is 1. The number of ether oxygens (including phenoxy) is 2. The summed E-state index contributed by atoms with van der Waals surface area (Å²) in [6.45, 7) is 4.06. The van der Waals surface area contributed by atoms with E-state index in [2.05, 4.69) is 26.0 Å². The summed E-state index contributed by atoms with van der Waals surface area (Å²) in [6.07, 6.45) is 3.31. The number of imidazole rings is 1. The number of esters is 1. The van der Waals surface area contributed by atoms with Crippen LogP contribution >= 0.6 is 7.75 Å². The molecule has 2 unspecified atom stereocenters. The Balaban J connectivity index is 1.59. The van der Waals surface area contributed by atoms with E-state index in [0.29, 0.717) is 0 Å². The van der Waals surface area contributed by atoms with Crippen LogP contribution in [0, 0.1) is 12.3 Å². The molecule has 208 valence electrons. The Bertz CT molecular complexity index is 1410. The molecule has 3 aromatic rings. The first-order chi connectivity index (χ1) is 18.5. The molecule has 1 aromatic carbocycles. The molecule has 1 fully saturated rings. The van der Waals surface area contributed by atoms with Crippen molar-refractivity contribution in [1.29, 1.82) is 0 Å². The topological polar surface area (TPSA) is 193 Å². The van der Waals surface area contributed by atoms with Gasteiger partial charge in [-0.15, -0.1) is 6.42 Å². The Morgan fingerprint density at radius 1 is 1.28 bits per heavy atom. The number of nitrogens with one attached hydrogen (secondary N) is 1. The van der Waals surface area contributed by atoms with E-state index in [0.717, 1.165) is 0 Å². The molecule has 4 rings (SSSR count). The smallest absolute Gasteiger partial charge is 0.459 e. The zero-order valence-corrected chi connectivity index (χ0v) is 22.3. The fourth-order valence-electron chi connectivity index (χ4n) is 3.86. The third-order valence-electron chi connectivity index (χ3n) is 5.80. The normalized spacial score (nSPS) is 25.2. The standard InChI is InChI=1S/C24H29N6O8P/c1-5-24(19(32)18(31)22(37-24)30-13-28-17-20(25)26-12-27-21(17)30)11-35-39(34,38-16-9-7-6-8-10-16)29-15(4)23(33)36-14(2)3/h1,6-10,12-15,18-19,22,31-32H,11H2,2-4H3,(H,29,34)(H2,25,26,27)/t15-,18?,19?,22+,24+,39-/m0/s1. The number of anilines is 1. The molecule has 0 aliphatic carbocycles. The second-order valence-corrected chi connectivity index (χ2v) is 10.8. The van der Waals surface area contributed by atoms with E-state index in [1.165, 1.54) is 36.3 Å². The number of aromatic nitrogens is 4. The average molecular weight is 561 g/mol. The first-order valence-corrected chi connectivity index (χ1v) is 13.4. The van der Waals surface area contributed by atoms with Gasteiger partial charge in [-0.2, -0.15) is 5.09 Å². The quantitative estimate of drug-likeness (QED) is 0.157. The number of terminal acetylenes is 1. The third-order valence-corrected chi connectivity index (χ3v) is 7.43. The van der Waals surface area contributed by atoms with Crippen LogP contribution in [0.2, 0.25) is 0 Å². The molecule has 0 saturated carbocycles. The zero-order chi connectivity index (χ0) is 28.4. The maximum Gasteiger partial charge on any atom is 0.459 e. The van der Waals surface area contributed by atoms with Gasteiger partial charge in [0.1, 0.15) is 42.5 Å². The number of aliphatic hydroxyl groups excluding tert-OH is 2. The third kappa shape index (κ3) is 5.89. The lowest BCUT2D eigenvalue weighted by Gasteiger charge is -2.29. The van der Waals surface area contributed by atoms with E-state index in [-0.39, 0.29) is 22.7 Å². The molecule has 15 heteroatoms. The van der Waals surface area contributed by atoms with Crippen molar-refractivity contribution in [2.75, 3.05) is 12.3 Å². The van der Waals surface area contributed by atoms with Gasteiger partial charge < -0.3 is 29.9 Å². The number of aliphatic hydroxyl groups is 2. The van der Waals surface area contributed by atoms with Gasteiger partial charge in [0.25, 0.3) is 0 Å². The molecule has 0 spiro atoms. The summed E-state index contributed by atoms with van der Waals surface area (Å²) >= 11 is 0. The summed E-state index contributed by atoms with van der Waals surface area (Å²) in [5, 5.41) is 24.3. The van der Waals surface area contributed by atoms with E-state index < -0.39 is 56.5 Å². The minimum Gasteiger partial charge on any atom is -0.462 e. The highest BCUT2D eigenvalue weighted by atomic mass is 31.2. The predicted molar refractivity (Wildman–Crippen MR) is 138 cm³/mol. The van der Waals surface area contributed by atoms with E-state index in [4.69, 9.17) is 30.7 Å². The first kappa shape index (κ1) is 28.4. The zero-order valence-electron chi connectivity index (χ0n) is 21.4. The van der Waals surface area contributed by atoms with Crippen LogP contribution in [-0.2, 0) is 23.4 Å². The summed E-state index contributed by atoms with van der Waals surface area (Å²) in [4.78, 5) is 24.5. The van der Waals surface area contributed by atoms with Gasteiger partial charge in [0, 0.05) is 0 Å². The van der Waals surface area contributed by atoms with Crippen LogP contribution in [0.3, 0.4) is 0 Å². The second-order valence-electron chi connectivity index (χ2n) is 9.07. The van der Waals surface area contributed by atoms with Crippen molar-refractivity contribution in [3.8, 4) is 18.1 Å². The van der Waals surface area contributed by atoms with Crippen LogP contribution < -0.4 is 15.3 Å². The van der Waals surface area contributed by atoms with Gasteiger partial charge in [-0.25, -0.2) is 19.5 Å². The van der Waals surface area contributed by atoms with Gasteiger partial charge in [0.2, 0.25) is 0 Å². The number of nitrogens with two attached hydrogens (primary N) is 1. The van der Waals surface area contributed by atoms with Crippen LogP contribution in [0.15, 0.2) is 43.0 Å². The Kier molecular flexibility index (Phi) is 8.22. The van der Waals surface area contributed by atoms with Crippen molar-refractivity contribution in [3.63, 3.8) is 0 Å². The van der Waals surface area contributed by atoms with Gasteiger partial charge in [-0.05, 0) is 32.9 Å². The lowest BCUT2D eigenvalue weighted by Crippen LogP contribution is -2.46. The van der Waals surface area contributed by atoms with Crippen LogP contribution in [0.4, 0.5) is 5.82 Å². The minimum atomic E-state index is -4.35. The molecule has 14 nitrogen and oxygen atoms in total. The summed E-state index contributed by atoms with van der Waals surface area (Å²) in [5.41, 5.74) is 4.33. The number of benzene rings is 1.